The van der Waals surface area contributed by atoms with Crippen molar-refractivity contribution in [2.45, 2.75) is 103 Å². The lowest BCUT2D eigenvalue weighted by atomic mass is 9.89. The number of benzene rings is 2. The van der Waals surface area contributed by atoms with E-state index in [1.807, 2.05) is 24.9 Å². The average molecular weight is 800 g/mol. The molecule has 2 fully saturated rings. The molecule has 0 aromatic heterocycles. The second-order valence-electron chi connectivity index (χ2n) is 15.7. The normalized spacial score (nSPS) is 21.3. The van der Waals surface area contributed by atoms with E-state index in [0.717, 1.165) is 57.0 Å². The number of allylic oxidation sites excluding steroid dienone is 1. The predicted octanol–water partition coefficient (Wildman–Crippen LogP) is 9.08. The van der Waals surface area contributed by atoms with E-state index in [9.17, 15) is 14.4 Å². The van der Waals surface area contributed by atoms with E-state index >= 15 is 17.6 Å². The minimum Gasteiger partial charge on any atom is -0.477 e. The fourth-order valence-electron chi connectivity index (χ4n) is 8.01. The fraction of sp³-hybridized carbons (Fsp3) is 0.512. The number of alkyl halides is 3. The lowest BCUT2D eigenvalue weighted by molar-refractivity contribution is -0.138. The molecule has 0 spiro atoms. The van der Waals surface area contributed by atoms with Gasteiger partial charge in [-0.15, -0.1) is 0 Å². The van der Waals surface area contributed by atoms with Crippen molar-refractivity contribution in [1.29, 1.82) is 10.7 Å². The Morgan fingerprint density at radius 2 is 1.91 bits per heavy atom. The van der Waals surface area contributed by atoms with Gasteiger partial charge in [0.05, 0.1) is 27.3 Å². The number of carbonyl (C=O) groups is 1. The van der Waals surface area contributed by atoms with Crippen LogP contribution in [0, 0.1) is 56.6 Å². The van der Waals surface area contributed by atoms with E-state index in [1.165, 1.54) is 13.0 Å². The van der Waals surface area contributed by atoms with Gasteiger partial charge in [0.2, 0.25) is 0 Å². The third-order valence-electron chi connectivity index (χ3n) is 11.5. The first-order valence-corrected chi connectivity index (χ1v) is 19.9. The van der Waals surface area contributed by atoms with Crippen LogP contribution in [-0.4, -0.2) is 59.0 Å². The Hall–Kier alpha value is -4.15. The third kappa shape index (κ3) is 9.34. The quantitative estimate of drug-likeness (QED) is 0.126. The Labute approximate surface area is 331 Å². The first kappa shape index (κ1) is 44.6. The maximum Gasteiger partial charge on any atom is 0.417 e. The first-order valence-electron chi connectivity index (χ1n) is 19.0. The number of ether oxygens (including phenoxy) is 1. The lowest BCUT2D eigenvalue weighted by Crippen LogP contribution is -2.42. The van der Waals surface area contributed by atoms with E-state index in [2.05, 4.69) is 51.1 Å². The lowest BCUT2D eigenvalue weighted by Gasteiger charge is -2.34. The van der Waals surface area contributed by atoms with E-state index in [4.69, 9.17) is 10.1 Å². The van der Waals surface area contributed by atoms with E-state index in [0.29, 0.717) is 48.2 Å². The molecule has 3 aliphatic rings. The highest BCUT2D eigenvalue weighted by Gasteiger charge is 2.47. The van der Waals surface area contributed by atoms with Crippen LogP contribution in [0.25, 0.3) is 11.3 Å². The molecule has 4 atom stereocenters. The topological polar surface area (TPSA) is 92.4 Å². The molecular formula is C43H54F5N5O2S. The van der Waals surface area contributed by atoms with Gasteiger partial charge in [0.1, 0.15) is 23.5 Å². The van der Waals surface area contributed by atoms with Crippen molar-refractivity contribution in [2.24, 2.45) is 17.8 Å². The summed E-state index contributed by atoms with van der Waals surface area (Å²) in [4.78, 5) is 13.8. The molecule has 3 aliphatic heterocycles. The number of ketones is 1. The second-order valence-corrected chi connectivity index (χ2v) is 16.7. The summed E-state index contributed by atoms with van der Waals surface area (Å²) in [7, 11) is 1.81. The molecule has 4 unspecified atom stereocenters. The van der Waals surface area contributed by atoms with E-state index in [-0.39, 0.29) is 60.1 Å². The largest absolute Gasteiger partial charge is 0.477 e. The molecule has 304 valence electrons. The number of nitrogens with zero attached hydrogens (tertiary/aromatic N) is 3. The molecule has 0 amide bonds. The summed E-state index contributed by atoms with van der Waals surface area (Å²) in [5.41, 5.74) is -1.63. The molecule has 2 aromatic carbocycles. The Kier molecular flexibility index (Phi) is 14.3. The van der Waals surface area contributed by atoms with E-state index in [1.54, 1.807) is 6.92 Å². The SMILES string of the molecule is C=C(Nc1c(F)/c(=c2/ccc(F)c3c2=C(C#N)C(=N)S3)c(C(F)(F)F)c/c1=C(/C)N(C)C(CC)CC(C)C(C)C)OCC12CCCN1CC(C)C2.C=CC(C)=O. The van der Waals surface area contributed by atoms with Crippen molar-refractivity contribution in [3.63, 3.8) is 0 Å². The number of nitrogens with one attached hydrogen (secondary N) is 2. The van der Waals surface area contributed by atoms with Gasteiger partial charge >= 0.3 is 6.18 Å². The zero-order chi connectivity index (χ0) is 41.9. The molecule has 7 nitrogen and oxygen atoms in total. The molecule has 0 radical (unpaired) electrons. The molecule has 2 N–H and O–H groups in total. The van der Waals surface area contributed by atoms with Gasteiger partial charge < -0.3 is 15.0 Å². The van der Waals surface area contributed by atoms with Gasteiger partial charge in [-0.1, -0.05) is 59.0 Å². The van der Waals surface area contributed by atoms with Gasteiger partial charge in [-0.3, -0.25) is 15.1 Å². The molecule has 5 rings (SSSR count). The Balaban J connectivity index is 0.00000131. The summed E-state index contributed by atoms with van der Waals surface area (Å²) < 4.78 is 83.9. The molecule has 2 aromatic rings. The summed E-state index contributed by atoms with van der Waals surface area (Å²) in [6, 6.07) is 4.69. The molecule has 0 bridgehead atoms. The Bertz CT molecular complexity index is 2150. The standard InChI is InChI=1S/C39H48F5N5OS.C4H6O/c1-9-26(15-23(5)21(2)3)48(8)24(6)28-16-30(39(42,43)44)33(27-11-12-31(40)36-32(27)29(18-45)37(46)51-36)34(41)35(28)47-25(7)50-20-38-13-10-14-49(38)19-22(4)17-38;1-3-4(2)5/h11-12,16,21-23,26,46-47H,7,9-10,13-15,17,19-20H2,1-6,8H3;3H,1H2,2H3/b28-24+,33-27-,46-37?;. The van der Waals surface area contributed by atoms with E-state index < -0.39 is 28.6 Å². The van der Waals surface area contributed by atoms with Crippen molar-refractivity contribution in [3.05, 3.63) is 81.4 Å². The van der Waals surface area contributed by atoms with Gasteiger partial charge in [-0.05, 0) is 100 Å². The number of halogens is 5. The highest BCUT2D eigenvalue weighted by Crippen LogP contribution is 2.42. The van der Waals surface area contributed by atoms with Crippen LogP contribution in [0.15, 0.2) is 48.2 Å². The minimum atomic E-state index is -5.04. The number of nitriles is 1. The zero-order valence-electron chi connectivity index (χ0n) is 33.6. The molecule has 56 heavy (non-hydrogen) atoms. The van der Waals surface area contributed by atoms with Crippen LogP contribution >= 0.6 is 11.8 Å². The number of carbonyl (C=O) groups excluding carboxylic acids is 1. The summed E-state index contributed by atoms with van der Waals surface area (Å²) >= 11 is 0.624. The summed E-state index contributed by atoms with van der Waals surface area (Å²) in [6.07, 6.45) is 0.651. The van der Waals surface area contributed by atoms with Crippen LogP contribution in [0.5, 0.6) is 0 Å². The highest BCUT2D eigenvalue weighted by atomic mass is 32.2. The van der Waals surface area contributed by atoms with Gasteiger partial charge in [0.15, 0.2) is 17.5 Å². The molecule has 0 aliphatic carbocycles. The molecule has 0 saturated carbocycles. The second kappa shape index (κ2) is 18.0. The number of hydrogen-bond acceptors (Lipinski definition) is 8. The molecule has 13 heteroatoms. The van der Waals surface area contributed by atoms with Gasteiger partial charge in [-0.25, -0.2) is 8.78 Å². The average Bonchev–Trinajstić information content (AvgIpc) is 3.79. The number of anilines is 1. The number of rotatable bonds is 12. The summed E-state index contributed by atoms with van der Waals surface area (Å²) in [6.45, 7) is 23.2. The first-order chi connectivity index (χ1) is 26.2. The monoisotopic (exact) mass is 799 g/mol. The van der Waals surface area contributed by atoms with Crippen LogP contribution in [0.3, 0.4) is 0 Å². The maximum absolute atomic E-state index is 17.4. The Morgan fingerprint density at radius 1 is 1.25 bits per heavy atom. The predicted molar refractivity (Wildman–Crippen MR) is 214 cm³/mol. The molecule has 3 heterocycles. The number of thioether (sulfide) groups is 1. The minimum absolute atomic E-state index is 0.0106. The maximum atomic E-state index is 17.4. The van der Waals surface area contributed by atoms with Crippen LogP contribution in [0.1, 0.15) is 86.1 Å². The summed E-state index contributed by atoms with van der Waals surface area (Å²) in [5.74, 6) is -0.838. The highest BCUT2D eigenvalue weighted by molar-refractivity contribution is 8.15. The third-order valence-corrected chi connectivity index (χ3v) is 12.5. The number of hydrogen-bond donors (Lipinski definition) is 2. The zero-order valence-corrected chi connectivity index (χ0v) is 34.5. The van der Waals surface area contributed by atoms with Crippen molar-refractivity contribution in [3.8, 4) is 6.07 Å². The van der Waals surface area contributed by atoms with Crippen LogP contribution < -0.4 is 15.8 Å². The van der Waals surface area contributed by atoms with Crippen molar-refractivity contribution in [2.75, 3.05) is 32.1 Å². The molecule has 2 saturated heterocycles. The smallest absolute Gasteiger partial charge is 0.417 e. The van der Waals surface area contributed by atoms with Crippen LogP contribution in [0.4, 0.5) is 27.6 Å². The van der Waals surface area contributed by atoms with Gasteiger partial charge in [0, 0.05) is 41.0 Å². The van der Waals surface area contributed by atoms with Crippen molar-refractivity contribution < 1.29 is 31.5 Å². The van der Waals surface area contributed by atoms with Crippen LogP contribution in [0.2, 0.25) is 0 Å². The van der Waals surface area contributed by atoms with Crippen molar-refractivity contribution in [1.82, 2.24) is 9.80 Å². The Morgan fingerprint density at radius 3 is 2.48 bits per heavy atom. The van der Waals surface area contributed by atoms with Gasteiger partial charge in [-0.2, -0.15) is 18.4 Å². The summed E-state index contributed by atoms with van der Waals surface area (Å²) in [5, 5.41) is 19.3. The fourth-order valence-corrected chi connectivity index (χ4v) is 8.95. The number of fused-ring (bicyclic) bond motifs is 2. The van der Waals surface area contributed by atoms with Gasteiger partial charge in [0.25, 0.3) is 0 Å². The molecular weight excluding hydrogens is 746 g/mol. The van der Waals surface area contributed by atoms with Crippen molar-refractivity contribution >= 4 is 39.5 Å². The van der Waals surface area contributed by atoms with Crippen LogP contribution in [-0.2, 0) is 15.7 Å².